The van der Waals surface area contributed by atoms with Crippen molar-refractivity contribution >= 4 is 34.9 Å². The lowest BCUT2D eigenvalue weighted by atomic mass is 10.2. The van der Waals surface area contributed by atoms with Crippen molar-refractivity contribution in [3.05, 3.63) is 10.8 Å². The molecule has 0 unspecified atom stereocenters. The van der Waals surface area contributed by atoms with Gasteiger partial charge in [-0.05, 0) is 12.8 Å². The van der Waals surface area contributed by atoms with E-state index in [9.17, 15) is 4.79 Å². The molecule has 0 spiro atoms. The van der Waals surface area contributed by atoms with Gasteiger partial charge in [-0.2, -0.15) is 0 Å². The Labute approximate surface area is 128 Å². The van der Waals surface area contributed by atoms with Gasteiger partial charge in [0.15, 0.2) is 28.3 Å². The second-order valence-corrected chi connectivity index (χ2v) is 5.46. The average molecular weight is 311 g/mol. The Kier molecular flexibility index (Phi) is 4.95. The van der Waals surface area contributed by atoms with Crippen molar-refractivity contribution in [3.63, 3.8) is 0 Å². The summed E-state index contributed by atoms with van der Waals surface area (Å²) in [5.41, 5.74) is 11.0. The van der Waals surface area contributed by atoms with E-state index in [0.29, 0.717) is 5.82 Å². The fraction of sp³-hybridized carbons (Fsp3) is 0.538. The van der Waals surface area contributed by atoms with Crippen LogP contribution in [0.1, 0.15) is 42.6 Å². The Bertz CT molecular complexity index is 554. The number of ketones is 1. The quantitative estimate of drug-likeness (QED) is 0.441. The number of nitrogens with two attached hydrogens (primary N) is 2. The van der Waals surface area contributed by atoms with Crippen molar-refractivity contribution < 1.29 is 4.79 Å². The van der Waals surface area contributed by atoms with Crippen LogP contribution in [0, 0.1) is 5.41 Å². The SMILES string of the molecule is N=C(N)CC(=O)c1nc(Cl)c(N2CCCCCC2)nc1N. The van der Waals surface area contributed by atoms with Gasteiger partial charge in [0.25, 0.3) is 0 Å². The van der Waals surface area contributed by atoms with Gasteiger partial charge in [-0.1, -0.05) is 24.4 Å². The summed E-state index contributed by atoms with van der Waals surface area (Å²) in [7, 11) is 0. The number of nitrogen functional groups attached to an aromatic ring is 1. The number of carbonyl (C=O) groups is 1. The smallest absolute Gasteiger partial charge is 0.192 e. The van der Waals surface area contributed by atoms with Crippen LogP contribution < -0.4 is 16.4 Å². The van der Waals surface area contributed by atoms with E-state index < -0.39 is 5.78 Å². The molecule has 0 atom stereocenters. The summed E-state index contributed by atoms with van der Waals surface area (Å²) in [6, 6.07) is 0. The third-order valence-electron chi connectivity index (χ3n) is 3.38. The van der Waals surface area contributed by atoms with Crippen LogP contribution in [-0.4, -0.2) is 34.7 Å². The second-order valence-electron chi connectivity index (χ2n) is 5.10. The maximum Gasteiger partial charge on any atom is 0.192 e. The third-order valence-corrected chi connectivity index (χ3v) is 3.64. The topological polar surface area (TPSA) is 122 Å². The van der Waals surface area contributed by atoms with Crippen LogP contribution in [0.25, 0.3) is 0 Å². The van der Waals surface area contributed by atoms with E-state index >= 15 is 0 Å². The van der Waals surface area contributed by atoms with Crippen molar-refractivity contribution in [1.29, 1.82) is 5.41 Å². The average Bonchev–Trinajstić information content (AvgIpc) is 2.69. The van der Waals surface area contributed by atoms with E-state index in [4.69, 9.17) is 28.5 Å². The van der Waals surface area contributed by atoms with Gasteiger partial charge in [0, 0.05) is 13.1 Å². The van der Waals surface area contributed by atoms with Crippen molar-refractivity contribution in [2.75, 3.05) is 23.7 Å². The summed E-state index contributed by atoms with van der Waals surface area (Å²) >= 11 is 6.16. The molecule has 0 amide bonds. The fourth-order valence-electron chi connectivity index (χ4n) is 2.36. The molecule has 114 valence electrons. The largest absolute Gasteiger partial charge is 0.387 e. The number of carbonyl (C=O) groups excluding carboxylic acids is 1. The van der Waals surface area contributed by atoms with Gasteiger partial charge >= 0.3 is 0 Å². The number of hydrogen-bond acceptors (Lipinski definition) is 6. The monoisotopic (exact) mass is 310 g/mol. The Morgan fingerprint density at radius 1 is 1.24 bits per heavy atom. The van der Waals surface area contributed by atoms with Gasteiger partial charge in [-0.15, -0.1) is 0 Å². The Morgan fingerprint density at radius 3 is 2.43 bits per heavy atom. The van der Waals surface area contributed by atoms with E-state index in [0.717, 1.165) is 25.9 Å². The standard InChI is InChI=1S/C13H19ClN6O/c14-11-13(20-5-3-1-2-4-6-20)19-12(17)10(18-11)8(21)7-9(15)16/h1-7H2,(H3,15,16)(H2,17,19). The fourth-order valence-corrected chi connectivity index (χ4v) is 2.61. The van der Waals surface area contributed by atoms with Crippen molar-refractivity contribution in [2.24, 2.45) is 5.73 Å². The molecule has 7 nitrogen and oxygen atoms in total. The van der Waals surface area contributed by atoms with Crippen LogP contribution in [0.2, 0.25) is 5.15 Å². The Hall–Kier alpha value is -1.89. The zero-order valence-electron chi connectivity index (χ0n) is 11.7. The summed E-state index contributed by atoms with van der Waals surface area (Å²) in [4.78, 5) is 22.3. The molecular formula is C13H19ClN6O. The molecule has 0 bridgehead atoms. The van der Waals surface area contributed by atoms with E-state index in [-0.39, 0.29) is 28.9 Å². The first-order chi connectivity index (χ1) is 9.99. The first kappa shape index (κ1) is 15.5. The number of Topliss-reactive ketones (excluding diaryl/α,β-unsaturated/α-hetero) is 1. The molecule has 21 heavy (non-hydrogen) atoms. The lowest BCUT2D eigenvalue weighted by molar-refractivity contribution is 0.0996. The number of nitrogens with zero attached hydrogens (tertiary/aromatic N) is 3. The summed E-state index contributed by atoms with van der Waals surface area (Å²) < 4.78 is 0. The van der Waals surface area contributed by atoms with Crippen LogP contribution in [-0.2, 0) is 0 Å². The molecule has 1 aromatic heterocycles. The molecule has 0 radical (unpaired) electrons. The molecular weight excluding hydrogens is 292 g/mol. The van der Waals surface area contributed by atoms with Gasteiger partial charge in [0.05, 0.1) is 12.3 Å². The number of aromatic nitrogens is 2. The molecule has 2 rings (SSSR count). The van der Waals surface area contributed by atoms with Crippen LogP contribution in [0.5, 0.6) is 0 Å². The first-order valence-corrected chi connectivity index (χ1v) is 7.31. The van der Waals surface area contributed by atoms with Gasteiger partial charge in [-0.25, -0.2) is 9.97 Å². The lowest BCUT2D eigenvalue weighted by Gasteiger charge is -2.22. The molecule has 0 aliphatic carbocycles. The second kappa shape index (κ2) is 6.71. The van der Waals surface area contributed by atoms with Crippen LogP contribution in [0.3, 0.4) is 0 Å². The summed E-state index contributed by atoms with van der Waals surface area (Å²) in [5, 5.41) is 7.32. The molecule has 8 heteroatoms. The molecule has 1 aliphatic heterocycles. The number of amidine groups is 1. The molecule has 1 fully saturated rings. The van der Waals surface area contributed by atoms with Crippen LogP contribution in [0.15, 0.2) is 0 Å². The van der Waals surface area contributed by atoms with Crippen LogP contribution >= 0.6 is 11.6 Å². The third kappa shape index (κ3) is 3.81. The molecule has 5 N–H and O–H groups in total. The highest BCUT2D eigenvalue weighted by Gasteiger charge is 2.21. The first-order valence-electron chi connectivity index (χ1n) is 6.93. The van der Waals surface area contributed by atoms with Crippen molar-refractivity contribution in [1.82, 2.24) is 9.97 Å². The summed E-state index contributed by atoms with van der Waals surface area (Å²) in [6.07, 6.45) is 4.28. The van der Waals surface area contributed by atoms with E-state index in [1.165, 1.54) is 12.8 Å². The molecule has 1 aliphatic rings. The highest BCUT2D eigenvalue weighted by Crippen LogP contribution is 2.27. The lowest BCUT2D eigenvalue weighted by Crippen LogP contribution is -2.27. The molecule has 0 aromatic carbocycles. The summed E-state index contributed by atoms with van der Waals surface area (Å²) in [5.74, 6) is -0.133. The zero-order chi connectivity index (χ0) is 15.4. The molecule has 1 saturated heterocycles. The minimum atomic E-state index is -0.447. The minimum absolute atomic E-state index is 0.0197. The zero-order valence-corrected chi connectivity index (χ0v) is 12.5. The predicted octanol–water partition coefficient (Wildman–Crippen LogP) is 1.60. The van der Waals surface area contributed by atoms with Gasteiger partial charge < -0.3 is 16.4 Å². The molecule has 0 saturated carbocycles. The number of anilines is 2. The molecule has 2 heterocycles. The van der Waals surface area contributed by atoms with E-state index in [1.54, 1.807) is 0 Å². The van der Waals surface area contributed by atoms with Crippen molar-refractivity contribution in [2.45, 2.75) is 32.1 Å². The van der Waals surface area contributed by atoms with Crippen LogP contribution in [0.4, 0.5) is 11.6 Å². The van der Waals surface area contributed by atoms with E-state index in [2.05, 4.69) is 14.9 Å². The van der Waals surface area contributed by atoms with Crippen molar-refractivity contribution in [3.8, 4) is 0 Å². The number of halogens is 1. The Morgan fingerprint density at radius 2 is 1.86 bits per heavy atom. The normalized spacial score (nSPS) is 15.6. The Balaban J connectivity index is 2.27. The molecule has 1 aromatic rings. The predicted molar refractivity (Wildman–Crippen MR) is 83.0 cm³/mol. The van der Waals surface area contributed by atoms with Gasteiger partial charge in [-0.3, -0.25) is 10.2 Å². The number of rotatable bonds is 4. The number of hydrogen-bond donors (Lipinski definition) is 3. The number of nitrogens with one attached hydrogen (secondary N) is 1. The van der Waals surface area contributed by atoms with Gasteiger partial charge in [0.2, 0.25) is 0 Å². The van der Waals surface area contributed by atoms with Gasteiger partial charge in [0.1, 0.15) is 0 Å². The van der Waals surface area contributed by atoms with E-state index in [1.807, 2.05) is 0 Å². The summed E-state index contributed by atoms with van der Waals surface area (Å²) in [6.45, 7) is 1.71. The highest BCUT2D eigenvalue weighted by atomic mass is 35.5. The minimum Gasteiger partial charge on any atom is -0.387 e. The maximum atomic E-state index is 11.9. The maximum absolute atomic E-state index is 11.9. The highest BCUT2D eigenvalue weighted by molar-refractivity contribution is 6.32.